The number of sulfonamides is 1. The molecule has 224 valence electrons. The van der Waals surface area contributed by atoms with Gasteiger partial charge in [0.15, 0.2) is 11.5 Å². The van der Waals surface area contributed by atoms with E-state index in [1.807, 2.05) is 6.92 Å². The van der Waals surface area contributed by atoms with Crippen LogP contribution >= 0.6 is 0 Å². The summed E-state index contributed by atoms with van der Waals surface area (Å²) in [5, 5.41) is 6.68. The minimum atomic E-state index is -3.61. The Balaban J connectivity index is 1.47. The maximum Gasteiger partial charge on any atom is 0.232 e. The van der Waals surface area contributed by atoms with E-state index in [1.54, 1.807) is 18.3 Å². The monoisotopic (exact) mass is 593 g/mol. The first-order chi connectivity index (χ1) is 20.0. The Kier molecular flexibility index (Phi) is 8.46. The van der Waals surface area contributed by atoms with E-state index in [-0.39, 0.29) is 0 Å². The third kappa shape index (κ3) is 6.24. The lowest BCUT2D eigenvalue weighted by molar-refractivity contribution is 0.172. The predicted molar refractivity (Wildman–Crippen MR) is 170 cm³/mol. The van der Waals surface area contributed by atoms with E-state index in [0.29, 0.717) is 53.4 Å². The zero-order chi connectivity index (χ0) is 30.0. The Morgan fingerprint density at radius 3 is 2.52 bits per heavy atom. The zero-order valence-corrected chi connectivity index (χ0v) is 25.7. The van der Waals surface area contributed by atoms with E-state index in [9.17, 15) is 8.42 Å². The van der Waals surface area contributed by atoms with E-state index in [2.05, 4.69) is 64.2 Å². The maximum absolute atomic E-state index is 12.6. The van der Waals surface area contributed by atoms with Crippen molar-refractivity contribution in [3.8, 4) is 11.5 Å². The summed E-state index contributed by atoms with van der Waals surface area (Å²) in [5.74, 6) is 1.71. The second kappa shape index (κ2) is 12.1. The Morgan fingerprint density at radius 2 is 1.83 bits per heavy atom. The molecule has 2 aliphatic rings. The van der Waals surface area contributed by atoms with Gasteiger partial charge in [0.25, 0.3) is 0 Å². The molecule has 0 spiro atoms. The molecule has 0 aliphatic carbocycles. The van der Waals surface area contributed by atoms with Crippen molar-refractivity contribution in [2.45, 2.75) is 20.3 Å². The number of piperazine rings is 1. The van der Waals surface area contributed by atoms with Gasteiger partial charge in [0.2, 0.25) is 16.0 Å². The van der Waals surface area contributed by atoms with Crippen LogP contribution in [-0.2, 0) is 16.4 Å². The van der Waals surface area contributed by atoms with Crippen LogP contribution in [0.2, 0.25) is 0 Å². The van der Waals surface area contributed by atoms with Gasteiger partial charge in [0.05, 0.1) is 11.9 Å². The smallest absolute Gasteiger partial charge is 0.232 e. The van der Waals surface area contributed by atoms with Crippen LogP contribution in [0.1, 0.15) is 25.0 Å². The zero-order valence-electron chi connectivity index (χ0n) is 24.9. The number of anilines is 6. The van der Waals surface area contributed by atoms with Crippen molar-refractivity contribution in [2.75, 3.05) is 79.6 Å². The Labute approximate surface area is 248 Å². The third-order valence-corrected chi connectivity index (χ3v) is 8.73. The molecular weight excluding hydrogens is 554 g/mol. The lowest BCUT2D eigenvalue weighted by atomic mass is 10.1. The molecule has 0 radical (unpaired) electrons. The Morgan fingerprint density at radius 1 is 1.10 bits per heavy atom. The molecule has 11 nitrogen and oxygen atoms in total. The van der Waals surface area contributed by atoms with Crippen LogP contribution in [0.4, 0.5) is 34.5 Å². The summed E-state index contributed by atoms with van der Waals surface area (Å²) in [7, 11) is 0.0312. The number of nitrogens with zero attached hydrogens (tertiary/aromatic N) is 5. The second-order valence-corrected chi connectivity index (χ2v) is 12.7. The van der Waals surface area contributed by atoms with E-state index in [1.165, 1.54) is 22.6 Å². The van der Waals surface area contributed by atoms with Crippen LogP contribution in [0.3, 0.4) is 0 Å². The molecule has 1 saturated heterocycles. The first-order valence-corrected chi connectivity index (χ1v) is 15.9. The fourth-order valence-electron chi connectivity index (χ4n) is 5.09. The lowest BCUT2D eigenvalue weighted by Crippen LogP contribution is -2.44. The van der Waals surface area contributed by atoms with Crippen molar-refractivity contribution in [3.05, 3.63) is 54.2 Å². The summed E-state index contributed by atoms with van der Waals surface area (Å²) in [4.78, 5) is 14.1. The fourth-order valence-corrected chi connectivity index (χ4v) is 5.60. The summed E-state index contributed by atoms with van der Waals surface area (Å²) >= 11 is 0. The van der Waals surface area contributed by atoms with E-state index in [4.69, 9.17) is 14.5 Å². The van der Waals surface area contributed by atoms with Crippen LogP contribution < -0.4 is 29.3 Å². The Bertz CT molecular complexity index is 1590. The van der Waals surface area contributed by atoms with Gasteiger partial charge < -0.3 is 29.9 Å². The standard InChI is InChI=1S/C30H39N7O4S/c1-7-21-18-22(8-10-25(21)37-14-12-35(4)13-15-37)32-30-31-19-23(20(2)3)29(34-30)33-24-9-11-26-28(41-17-16-40-26)27(24)36(5)42(6,38)39/h8-11,18-19H,2,7,12-17H2,1,3-6H3,(H2,31,32,33,34). The first-order valence-electron chi connectivity index (χ1n) is 14.0. The molecule has 0 atom stereocenters. The molecule has 2 aromatic carbocycles. The summed E-state index contributed by atoms with van der Waals surface area (Å²) < 4.78 is 38.0. The number of allylic oxidation sites excluding steroid dienone is 1. The normalized spacial score (nSPS) is 15.3. The van der Waals surface area contributed by atoms with Crippen molar-refractivity contribution >= 4 is 50.1 Å². The third-order valence-electron chi connectivity index (χ3n) is 7.56. The molecule has 0 unspecified atom stereocenters. The highest BCUT2D eigenvalue weighted by Gasteiger charge is 2.27. The van der Waals surface area contributed by atoms with Gasteiger partial charge in [-0.2, -0.15) is 4.98 Å². The molecule has 42 heavy (non-hydrogen) atoms. The lowest BCUT2D eigenvalue weighted by Gasteiger charge is -2.35. The topological polar surface area (TPSA) is 112 Å². The molecule has 3 aromatic rings. The summed E-state index contributed by atoms with van der Waals surface area (Å²) in [6.45, 7) is 12.9. The number of aromatic nitrogens is 2. The van der Waals surface area contributed by atoms with E-state index >= 15 is 0 Å². The molecule has 12 heteroatoms. The molecule has 1 aromatic heterocycles. The number of aryl methyl sites for hydroxylation is 1. The molecule has 2 aliphatic heterocycles. The average molecular weight is 594 g/mol. The number of hydrogen-bond donors (Lipinski definition) is 2. The molecule has 2 N–H and O–H groups in total. The highest BCUT2D eigenvalue weighted by molar-refractivity contribution is 7.92. The van der Waals surface area contributed by atoms with Gasteiger partial charge in [-0.25, -0.2) is 13.4 Å². The summed E-state index contributed by atoms with van der Waals surface area (Å²) in [6, 6.07) is 9.88. The SMILES string of the molecule is C=C(C)c1cnc(Nc2ccc(N3CCN(C)CC3)c(CC)c2)nc1Nc1ccc2c(c1N(C)S(C)(=O)=O)OCCO2. The van der Waals surface area contributed by atoms with Crippen molar-refractivity contribution < 1.29 is 17.9 Å². The van der Waals surface area contributed by atoms with Gasteiger partial charge in [-0.15, -0.1) is 0 Å². The highest BCUT2D eigenvalue weighted by Crippen LogP contribution is 2.46. The van der Waals surface area contributed by atoms with Crippen molar-refractivity contribution in [2.24, 2.45) is 0 Å². The van der Waals surface area contributed by atoms with Gasteiger partial charge in [-0.05, 0) is 61.9 Å². The molecule has 5 rings (SSSR count). The number of hydrogen-bond acceptors (Lipinski definition) is 10. The first kappa shape index (κ1) is 29.5. The number of nitrogens with one attached hydrogen (secondary N) is 2. The van der Waals surface area contributed by atoms with Crippen molar-refractivity contribution in [1.29, 1.82) is 0 Å². The van der Waals surface area contributed by atoms with Crippen LogP contribution in [-0.4, -0.2) is 83.0 Å². The molecule has 0 bridgehead atoms. The van der Waals surface area contributed by atoms with Crippen LogP contribution in [0.5, 0.6) is 11.5 Å². The largest absolute Gasteiger partial charge is 0.486 e. The number of ether oxygens (including phenoxy) is 2. The minimum Gasteiger partial charge on any atom is -0.486 e. The fraction of sp³-hybridized carbons (Fsp3) is 0.400. The molecule has 0 saturated carbocycles. The van der Waals surface area contributed by atoms with E-state index in [0.717, 1.165) is 50.1 Å². The minimum absolute atomic E-state index is 0.312. The number of fused-ring (bicyclic) bond motifs is 1. The molecule has 3 heterocycles. The van der Waals surface area contributed by atoms with Crippen LogP contribution in [0.15, 0.2) is 43.1 Å². The van der Waals surface area contributed by atoms with Gasteiger partial charge in [0.1, 0.15) is 24.7 Å². The Hall–Kier alpha value is -4.03. The van der Waals surface area contributed by atoms with Crippen LogP contribution in [0.25, 0.3) is 5.57 Å². The molecular formula is C30H39N7O4S. The number of likely N-dealkylation sites (N-methyl/N-ethyl adjacent to an activating group) is 1. The maximum atomic E-state index is 12.6. The number of rotatable bonds is 9. The quantitative estimate of drug-likeness (QED) is 0.368. The van der Waals surface area contributed by atoms with Crippen molar-refractivity contribution in [1.82, 2.24) is 14.9 Å². The summed E-state index contributed by atoms with van der Waals surface area (Å²) in [5.41, 5.74) is 5.68. The second-order valence-electron chi connectivity index (χ2n) is 10.7. The summed E-state index contributed by atoms with van der Waals surface area (Å²) in [6.07, 6.45) is 3.75. The predicted octanol–water partition coefficient (Wildman–Crippen LogP) is 4.48. The van der Waals surface area contributed by atoms with Gasteiger partial charge in [-0.1, -0.05) is 13.5 Å². The van der Waals surface area contributed by atoms with Crippen LogP contribution in [0, 0.1) is 0 Å². The van der Waals surface area contributed by atoms with Gasteiger partial charge in [-0.3, -0.25) is 4.31 Å². The average Bonchev–Trinajstić information content (AvgIpc) is 2.96. The van der Waals surface area contributed by atoms with E-state index < -0.39 is 10.0 Å². The highest BCUT2D eigenvalue weighted by atomic mass is 32.2. The van der Waals surface area contributed by atoms with Crippen molar-refractivity contribution in [3.63, 3.8) is 0 Å². The molecule has 1 fully saturated rings. The van der Waals surface area contributed by atoms with Gasteiger partial charge in [0, 0.05) is 56.4 Å². The number of benzene rings is 2. The molecule has 0 amide bonds. The van der Waals surface area contributed by atoms with Gasteiger partial charge >= 0.3 is 0 Å².